The Hall–Kier alpha value is -1.88. The second kappa shape index (κ2) is 19.7. The minimum atomic E-state index is -4.50. The van der Waals surface area contributed by atoms with Crippen LogP contribution in [0.25, 0.3) is 0 Å². The van der Waals surface area contributed by atoms with E-state index in [1.54, 1.807) is 22.0 Å². The van der Waals surface area contributed by atoms with Crippen LogP contribution in [0.5, 0.6) is 0 Å². The number of carbonyl (C=O) groups excluding carboxylic acids is 2. The van der Waals surface area contributed by atoms with Crippen LogP contribution >= 0.6 is 9.84 Å². The summed E-state index contributed by atoms with van der Waals surface area (Å²) in [7, 11) is -2.27. The van der Waals surface area contributed by atoms with E-state index in [-0.39, 0.29) is 56.3 Å². The summed E-state index contributed by atoms with van der Waals surface area (Å²) >= 11 is 0. The number of anilines is 2. The standard InChI is InChI=1S/C16H22F3N3O3S.C13H19N3O.H3P.U/c1-12-2-4-13(5-3-12)20-15(23)21-14-6-9-22(10-7-14)26(24,25)11-8-16(17,18)19;1-10-2-4-11(5-3-10)15-13(17)16-12-6-8-14-9-7-12;;/h2-5,14H,6-11H2,1H3,(H2,20,21,23);2-5,12,14H,6-9H2,1H3,(H2,15,16,17);1H3;/i;;1T;. The SMILES string of the molecule is Cc1ccc(NC(=O)NC2CCN(S(=O)(=O)CCC(F)(F)F)CC2)cc1.Cc1ccc(NC(=O)NC2CCNCC2)cc1.[3H]P.[U]. The molecule has 2 fully saturated rings. The van der Waals surface area contributed by atoms with Gasteiger partial charge >= 0.3 is 18.2 Å². The number of nitrogens with zero attached hydrogens (tertiary/aromatic N) is 1. The number of hydrogen-bond acceptors (Lipinski definition) is 5. The van der Waals surface area contributed by atoms with Gasteiger partial charge in [0.25, 0.3) is 0 Å². The van der Waals surface area contributed by atoms with E-state index in [0.29, 0.717) is 24.6 Å². The molecule has 2 aromatic carbocycles. The summed E-state index contributed by atoms with van der Waals surface area (Å²) in [5.41, 5.74) is 3.73. The number of aryl methyl sites for hydroxylation is 2. The molecule has 4 rings (SSSR count). The zero-order chi connectivity index (χ0) is 33.5. The smallest absolute Gasteiger partial charge is 0.335 e. The van der Waals surface area contributed by atoms with Crippen molar-refractivity contribution in [2.24, 2.45) is 0 Å². The van der Waals surface area contributed by atoms with Crippen LogP contribution in [0.1, 0.15) is 43.2 Å². The summed E-state index contributed by atoms with van der Waals surface area (Å²) in [6, 6.07) is 14.6. The van der Waals surface area contributed by atoms with Crippen LogP contribution in [0.4, 0.5) is 34.1 Å². The second-order valence-corrected chi connectivity index (χ2v) is 12.9. The first-order valence-electron chi connectivity index (χ1n) is 14.9. The molecule has 2 saturated heterocycles. The summed E-state index contributed by atoms with van der Waals surface area (Å²) in [6.07, 6.45) is -3.14. The van der Waals surface area contributed by atoms with Gasteiger partial charge in [-0.15, -0.1) is 0 Å². The summed E-state index contributed by atoms with van der Waals surface area (Å²) in [4.78, 5) is 23.7. The quantitative estimate of drug-likeness (QED) is 0.256. The van der Waals surface area contributed by atoms with Crippen LogP contribution in [0, 0.1) is 45.0 Å². The van der Waals surface area contributed by atoms with Gasteiger partial charge in [-0.05, 0) is 76.9 Å². The van der Waals surface area contributed by atoms with Gasteiger partial charge < -0.3 is 26.6 Å². The van der Waals surface area contributed by atoms with Crippen molar-refractivity contribution in [3.63, 3.8) is 0 Å². The van der Waals surface area contributed by atoms with Gasteiger partial charge in [0.1, 0.15) is 0 Å². The minimum Gasteiger partial charge on any atom is -0.335 e. The van der Waals surface area contributed by atoms with Crippen molar-refractivity contribution in [2.45, 2.75) is 64.2 Å². The van der Waals surface area contributed by atoms with E-state index >= 15 is 0 Å². The number of amides is 4. The fraction of sp³-hybridized carbons (Fsp3) is 0.517. The number of nitrogens with one attached hydrogen (secondary N) is 5. The third-order valence-corrected chi connectivity index (χ3v) is 8.99. The van der Waals surface area contributed by atoms with Crippen molar-refractivity contribution in [3.8, 4) is 0 Å². The number of alkyl halides is 3. The summed E-state index contributed by atoms with van der Waals surface area (Å²) in [5, 5.41) is 14.6. The third kappa shape index (κ3) is 16.0. The molecule has 2 heterocycles. The van der Waals surface area contributed by atoms with Crippen molar-refractivity contribution < 1.29 is 62.3 Å². The number of carbonyl (C=O) groups is 2. The van der Waals surface area contributed by atoms with Gasteiger partial charge in [-0.2, -0.15) is 23.0 Å². The molecule has 45 heavy (non-hydrogen) atoms. The number of urea groups is 2. The van der Waals surface area contributed by atoms with Crippen LogP contribution in [0.3, 0.4) is 0 Å². The largest absolute Gasteiger partial charge is 0.390 e. The molecule has 4 amide bonds. The molecular formula is C29H44F3N6O4PSU. The van der Waals surface area contributed by atoms with Crippen molar-refractivity contribution in [1.82, 2.24) is 20.3 Å². The second-order valence-electron chi connectivity index (χ2n) is 10.8. The number of rotatable bonds is 7. The Kier molecular flexibility index (Phi) is 17.2. The molecule has 16 heteroatoms. The Balaban J connectivity index is 0.000000458. The predicted molar refractivity (Wildman–Crippen MR) is 173 cm³/mol. The van der Waals surface area contributed by atoms with Gasteiger partial charge in [0.05, 0.1) is 13.5 Å². The van der Waals surface area contributed by atoms with Gasteiger partial charge in [-0.3, -0.25) is 0 Å². The molecule has 0 bridgehead atoms. The zero-order valence-corrected chi connectivity index (χ0v) is 31.7. The van der Waals surface area contributed by atoms with E-state index in [0.717, 1.165) is 41.5 Å². The van der Waals surface area contributed by atoms with Crippen LogP contribution in [0.2, 0.25) is 0 Å². The molecule has 0 aliphatic carbocycles. The van der Waals surface area contributed by atoms with Crippen molar-refractivity contribution in [1.29, 1.82) is 1.28 Å². The Bertz CT molecular complexity index is 1300. The molecule has 5 N–H and O–H groups in total. The van der Waals surface area contributed by atoms with E-state index in [4.69, 9.17) is 1.28 Å². The Labute approximate surface area is 292 Å². The van der Waals surface area contributed by atoms with E-state index in [9.17, 15) is 31.2 Å². The average Bonchev–Trinajstić information content (AvgIpc) is 3.00. The fourth-order valence-electron chi connectivity index (χ4n) is 4.60. The van der Waals surface area contributed by atoms with Crippen LogP contribution in [-0.2, 0) is 10.0 Å². The Morgan fingerprint density at radius 1 is 0.844 bits per heavy atom. The Morgan fingerprint density at radius 2 is 1.24 bits per heavy atom. The van der Waals surface area contributed by atoms with Crippen LogP contribution < -0.4 is 26.6 Å². The Morgan fingerprint density at radius 3 is 1.64 bits per heavy atom. The van der Waals surface area contributed by atoms with Crippen LogP contribution in [-0.4, -0.2) is 76.3 Å². The number of benzene rings is 2. The van der Waals surface area contributed by atoms with E-state index in [1.165, 1.54) is 5.56 Å². The predicted octanol–water partition coefficient (Wildman–Crippen LogP) is 4.79. The number of halogens is 3. The number of sulfonamides is 1. The maximum Gasteiger partial charge on any atom is 0.390 e. The first-order valence-corrected chi connectivity index (χ1v) is 15.9. The minimum absolute atomic E-state index is 0. The number of hydrogen-bond donors (Lipinski definition) is 5. The number of piperidine rings is 2. The summed E-state index contributed by atoms with van der Waals surface area (Å²) < 4.78 is 67.3. The van der Waals surface area contributed by atoms with E-state index in [2.05, 4.69) is 26.6 Å². The first kappa shape index (κ1) is 39.3. The van der Waals surface area contributed by atoms with Gasteiger partial charge in [-0.1, -0.05) is 35.4 Å². The van der Waals surface area contributed by atoms with Crippen LogP contribution in [0.15, 0.2) is 48.5 Å². The van der Waals surface area contributed by atoms with Gasteiger partial charge in [-0.25, -0.2) is 22.3 Å². The molecule has 1 unspecified atom stereocenters. The maximum atomic E-state index is 12.2. The molecular weight excluding hydrogens is 854 g/mol. The fourth-order valence-corrected chi connectivity index (χ4v) is 6.11. The maximum absolute atomic E-state index is 12.2. The molecule has 0 spiro atoms. The zero-order valence-electron chi connectivity index (χ0n) is 26.5. The topological polar surface area (TPSA) is 132 Å². The molecule has 1 atom stereocenters. The van der Waals surface area contributed by atoms with Gasteiger partial charge in [0, 0.05) is 67.7 Å². The van der Waals surface area contributed by atoms with Crippen molar-refractivity contribution in [2.75, 3.05) is 42.6 Å². The van der Waals surface area contributed by atoms with E-state index < -0.39 is 34.4 Å². The van der Waals surface area contributed by atoms with E-state index in [1.807, 2.05) is 50.2 Å². The molecule has 250 valence electrons. The third-order valence-electron chi connectivity index (χ3n) is 7.12. The monoisotopic (exact) mass is 900 g/mol. The summed E-state index contributed by atoms with van der Waals surface area (Å²) in [6.45, 7) is 6.11. The molecule has 2 aliphatic rings. The summed E-state index contributed by atoms with van der Waals surface area (Å²) in [5.74, 6) is -0.942. The first-order chi connectivity index (χ1) is 21.3. The average molecular weight is 901 g/mol. The molecule has 2 aliphatic heterocycles. The molecule has 10 nitrogen and oxygen atoms in total. The molecule has 0 radical (unpaired) electrons. The molecule has 0 saturated carbocycles. The van der Waals surface area contributed by atoms with Crippen molar-refractivity contribution in [3.05, 3.63) is 59.7 Å². The molecule has 2 aromatic rings. The normalized spacial score (nSPS) is 16.3. The van der Waals surface area contributed by atoms with Gasteiger partial charge in [0.15, 0.2) is 0 Å². The van der Waals surface area contributed by atoms with Gasteiger partial charge in [0.2, 0.25) is 10.0 Å². The van der Waals surface area contributed by atoms with Crippen molar-refractivity contribution >= 4 is 43.3 Å². The molecule has 0 aromatic heterocycles.